The summed E-state index contributed by atoms with van der Waals surface area (Å²) in [6.07, 6.45) is 6.94. The van der Waals surface area contributed by atoms with Gasteiger partial charge in [-0.15, -0.1) is 0 Å². The Hall–Kier alpha value is -1.06. The number of nitrogens with zero attached hydrogens (tertiary/aromatic N) is 1. The fraction of sp³-hybridized carbons (Fsp3) is 0.667. The molecule has 3 rings (SSSR count). The SMILES string of the molecule is CN(CCOc1cccc(CNC2CC2)c1)CC1CCC1. The van der Waals surface area contributed by atoms with Gasteiger partial charge in [0.25, 0.3) is 0 Å². The van der Waals surface area contributed by atoms with Gasteiger partial charge in [-0.1, -0.05) is 18.6 Å². The summed E-state index contributed by atoms with van der Waals surface area (Å²) in [5.41, 5.74) is 1.32. The summed E-state index contributed by atoms with van der Waals surface area (Å²) >= 11 is 0. The molecule has 0 heterocycles. The van der Waals surface area contributed by atoms with Crippen LogP contribution < -0.4 is 10.1 Å². The molecule has 2 saturated carbocycles. The molecule has 116 valence electrons. The van der Waals surface area contributed by atoms with Crippen LogP contribution >= 0.6 is 0 Å². The normalized spacial score (nSPS) is 18.8. The first-order valence-electron chi connectivity index (χ1n) is 8.43. The van der Waals surface area contributed by atoms with Crippen LogP contribution in [0.5, 0.6) is 5.75 Å². The molecule has 1 aromatic carbocycles. The Morgan fingerprint density at radius 1 is 1.24 bits per heavy atom. The van der Waals surface area contributed by atoms with E-state index in [1.54, 1.807) is 0 Å². The van der Waals surface area contributed by atoms with Crippen molar-refractivity contribution in [1.29, 1.82) is 0 Å². The summed E-state index contributed by atoms with van der Waals surface area (Å²) in [4.78, 5) is 2.41. The molecular formula is C18H28N2O. The smallest absolute Gasteiger partial charge is 0.119 e. The van der Waals surface area contributed by atoms with Crippen molar-refractivity contribution in [3.05, 3.63) is 29.8 Å². The van der Waals surface area contributed by atoms with Crippen LogP contribution in [0.4, 0.5) is 0 Å². The van der Waals surface area contributed by atoms with Crippen molar-refractivity contribution < 1.29 is 4.74 Å². The van der Waals surface area contributed by atoms with Gasteiger partial charge in [0.15, 0.2) is 0 Å². The largest absolute Gasteiger partial charge is 0.492 e. The maximum absolute atomic E-state index is 5.90. The topological polar surface area (TPSA) is 24.5 Å². The van der Waals surface area contributed by atoms with Crippen molar-refractivity contribution in [2.75, 3.05) is 26.7 Å². The highest BCUT2D eigenvalue weighted by Crippen LogP contribution is 2.26. The molecule has 0 radical (unpaired) electrons. The van der Waals surface area contributed by atoms with Crippen molar-refractivity contribution in [2.24, 2.45) is 5.92 Å². The molecule has 0 spiro atoms. The second-order valence-corrected chi connectivity index (χ2v) is 6.71. The number of ether oxygens (including phenoxy) is 1. The second-order valence-electron chi connectivity index (χ2n) is 6.71. The highest BCUT2D eigenvalue weighted by molar-refractivity contribution is 5.28. The molecule has 0 bridgehead atoms. The van der Waals surface area contributed by atoms with E-state index in [4.69, 9.17) is 4.74 Å². The van der Waals surface area contributed by atoms with Crippen LogP contribution in [0.25, 0.3) is 0 Å². The second kappa shape index (κ2) is 7.28. The summed E-state index contributed by atoms with van der Waals surface area (Å²) in [6, 6.07) is 9.26. The zero-order valence-electron chi connectivity index (χ0n) is 13.2. The number of rotatable bonds is 9. The van der Waals surface area contributed by atoms with E-state index in [1.807, 2.05) is 0 Å². The average Bonchev–Trinajstić information content (AvgIpc) is 3.25. The van der Waals surface area contributed by atoms with Crippen molar-refractivity contribution in [1.82, 2.24) is 10.2 Å². The minimum Gasteiger partial charge on any atom is -0.492 e. The first-order valence-corrected chi connectivity index (χ1v) is 8.43. The number of likely N-dealkylation sites (N-methyl/N-ethyl adjacent to an activating group) is 1. The molecule has 0 aromatic heterocycles. The van der Waals surface area contributed by atoms with E-state index in [-0.39, 0.29) is 0 Å². The zero-order chi connectivity index (χ0) is 14.5. The molecule has 0 amide bonds. The number of benzene rings is 1. The van der Waals surface area contributed by atoms with Crippen LogP contribution in [0, 0.1) is 5.92 Å². The average molecular weight is 288 g/mol. The first-order chi connectivity index (χ1) is 10.3. The third kappa shape index (κ3) is 5.01. The summed E-state index contributed by atoms with van der Waals surface area (Å²) in [6.45, 7) is 3.99. The molecule has 2 aliphatic carbocycles. The minimum absolute atomic E-state index is 0.759. The summed E-state index contributed by atoms with van der Waals surface area (Å²) in [7, 11) is 2.21. The summed E-state index contributed by atoms with van der Waals surface area (Å²) < 4.78 is 5.90. The predicted octanol–water partition coefficient (Wildman–Crippen LogP) is 3.05. The van der Waals surface area contributed by atoms with Gasteiger partial charge in [-0.25, -0.2) is 0 Å². The molecule has 0 unspecified atom stereocenters. The number of hydrogen-bond acceptors (Lipinski definition) is 3. The van der Waals surface area contributed by atoms with Crippen LogP contribution in [0.3, 0.4) is 0 Å². The Labute approximate surface area is 128 Å². The van der Waals surface area contributed by atoms with Gasteiger partial charge >= 0.3 is 0 Å². The van der Waals surface area contributed by atoms with E-state index in [1.165, 1.54) is 44.2 Å². The van der Waals surface area contributed by atoms with Gasteiger partial charge in [-0.2, -0.15) is 0 Å². The standard InChI is InChI=1S/C18H28N2O/c1-20(14-15-4-2-5-15)10-11-21-18-7-3-6-16(12-18)13-19-17-8-9-17/h3,6-7,12,15,17,19H,2,4-5,8-11,13-14H2,1H3. The maximum atomic E-state index is 5.90. The quantitative estimate of drug-likeness (QED) is 0.756. The lowest BCUT2D eigenvalue weighted by atomic mass is 9.85. The molecule has 1 N–H and O–H groups in total. The highest BCUT2D eigenvalue weighted by atomic mass is 16.5. The van der Waals surface area contributed by atoms with E-state index in [9.17, 15) is 0 Å². The van der Waals surface area contributed by atoms with E-state index < -0.39 is 0 Å². The third-order valence-electron chi connectivity index (χ3n) is 4.61. The molecule has 3 nitrogen and oxygen atoms in total. The number of hydrogen-bond donors (Lipinski definition) is 1. The molecule has 21 heavy (non-hydrogen) atoms. The van der Waals surface area contributed by atoms with Gasteiger partial charge in [0.2, 0.25) is 0 Å². The molecule has 3 heteroatoms. The lowest BCUT2D eigenvalue weighted by Gasteiger charge is -2.30. The molecule has 0 atom stereocenters. The van der Waals surface area contributed by atoms with Crippen LogP contribution in [0.1, 0.15) is 37.7 Å². The Bertz CT molecular complexity index is 441. The van der Waals surface area contributed by atoms with Gasteiger partial charge in [0, 0.05) is 25.7 Å². The monoisotopic (exact) mass is 288 g/mol. The number of nitrogens with one attached hydrogen (secondary N) is 1. The molecule has 0 aliphatic heterocycles. The highest BCUT2D eigenvalue weighted by Gasteiger charge is 2.20. The Morgan fingerprint density at radius 3 is 2.81 bits per heavy atom. The van der Waals surface area contributed by atoms with E-state index in [0.29, 0.717) is 0 Å². The molecule has 0 saturated heterocycles. The van der Waals surface area contributed by atoms with E-state index in [2.05, 4.69) is 41.5 Å². The van der Waals surface area contributed by atoms with Crippen LogP contribution in [-0.4, -0.2) is 37.7 Å². The van der Waals surface area contributed by atoms with Gasteiger partial charge < -0.3 is 15.0 Å². The summed E-state index contributed by atoms with van der Waals surface area (Å²) in [5, 5.41) is 3.55. The molecule has 1 aromatic rings. The molecular weight excluding hydrogens is 260 g/mol. The molecule has 2 fully saturated rings. The van der Waals surface area contributed by atoms with Crippen molar-refractivity contribution in [3.8, 4) is 5.75 Å². The Morgan fingerprint density at radius 2 is 2.10 bits per heavy atom. The molecule has 2 aliphatic rings. The summed E-state index contributed by atoms with van der Waals surface area (Å²) in [5.74, 6) is 1.94. The first kappa shape index (κ1) is 14.9. The van der Waals surface area contributed by atoms with Crippen LogP contribution in [-0.2, 0) is 6.54 Å². The Balaban J connectivity index is 1.36. The van der Waals surface area contributed by atoms with Gasteiger partial charge in [-0.05, 0) is 56.3 Å². The van der Waals surface area contributed by atoms with Gasteiger partial charge in [0.1, 0.15) is 12.4 Å². The lowest BCUT2D eigenvalue weighted by molar-refractivity contribution is 0.177. The lowest BCUT2D eigenvalue weighted by Crippen LogP contribution is -2.32. The van der Waals surface area contributed by atoms with E-state index in [0.717, 1.165) is 37.4 Å². The van der Waals surface area contributed by atoms with Crippen molar-refractivity contribution in [3.63, 3.8) is 0 Å². The predicted molar refractivity (Wildman–Crippen MR) is 86.6 cm³/mol. The fourth-order valence-electron chi connectivity index (χ4n) is 2.82. The minimum atomic E-state index is 0.759. The van der Waals surface area contributed by atoms with Crippen LogP contribution in [0.2, 0.25) is 0 Å². The zero-order valence-corrected chi connectivity index (χ0v) is 13.2. The van der Waals surface area contributed by atoms with Gasteiger partial charge in [-0.3, -0.25) is 0 Å². The maximum Gasteiger partial charge on any atom is 0.119 e. The van der Waals surface area contributed by atoms with Crippen molar-refractivity contribution >= 4 is 0 Å². The van der Waals surface area contributed by atoms with Gasteiger partial charge in [0.05, 0.1) is 0 Å². The Kier molecular flexibility index (Phi) is 5.15. The fourth-order valence-corrected chi connectivity index (χ4v) is 2.82. The van der Waals surface area contributed by atoms with Crippen LogP contribution in [0.15, 0.2) is 24.3 Å². The van der Waals surface area contributed by atoms with Crippen molar-refractivity contribution in [2.45, 2.75) is 44.7 Å². The van der Waals surface area contributed by atoms with E-state index >= 15 is 0 Å². The third-order valence-corrected chi connectivity index (χ3v) is 4.61.